The Morgan fingerprint density at radius 3 is 2.20 bits per heavy atom. The molecule has 2 rings (SSSR count). The lowest BCUT2D eigenvalue weighted by Crippen LogP contribution is -2.20. The van der Waals surface area contributed by atoms with E-state index in [1.807, 2.05) is 24.3 Å². The zero-order valence-electron chi connectivity index (χ0n) is 8.53. The van der Waals surface area contributed by atoms with Crippen molar-refractivity contribution in [3.8, 4) is 0 Å². The minimum Gasteiger partial charge on any atom is -0.393 e. The van der Waals surface area contributed by atoms with Crippen LogP contribution < -0.4 is 0 Å². The molecule has 3 heteroatoms. The van der Waals surface area contributed by atoms with Crippen LogP contribution in [0.15, 0.2) is 24.3 Å². The fourth-order valence-corrected chi connectivity index (χ4v) is 1.95. The lowest BCUT2D eigenvalue weighted by molar-refractivity contribution is -0.160. The lowest BCUT2D eigenvalue weighted by Gasteiger charge is -2.05. The topological polar surface area (TPSA) is 43.4 Å². The Labute approximate surface area is 88.1 Å². The van der Waals surface area contributed by atoms with Crippen LogP contribution in [0.2, 0.25) is 0 Å². The number of hydrogen-bond donors (Lipinski definition) is 0. The maximum absolute atomic E-state index is 11.5. The minimum absolute atomic E-state index is 0.189. The average molecular weight is 204 g/mol. The Morgan fingerprint density at radius 1 is 1.20 bits per heavy atom. The molecule has 1 aliphatic carbocycles. The number of benzene rings is 1. The predicted octanol–water partition coefficient (Wildman–Crippen LogP) is 1.49. The van der Waals surface area contributed by atoms with Crippen LogP contribution in [0.5, 0.6) is 0 Å². The number of carbonyl (C=O) groups excluding carboxylic acids is 2. The highest BCUT2D eigenvalue weighted by Gasteiger charge is 2.28. The van der Waals surface area contributed by atoms with E-state index in [0.29, 0.717) is 12.8 Å². The molecule has 15 heavy (non-hydrogen) atoms. The van der Waals surface area contributed by atoms with Crippen LogP contribution in [0.1, 0.15) is 18.1 Å². The smallest absolute Gasteiger partial charge is 0.317 e. The summed E-state index contributed by atoms with van der Waals surface area (Å²) in [7, 11) is 0. The molecule has 3 nitrogen and oxygen atoms in total. The quantitative estimate of drug-likeness (QED) is 0.514. The second-order valence-corrected chi connectivity index (χ2v) is 3.79. The third-order valence-corrected chi connectivity index (χ3v) is 2.63. The number of ether oxygens (including phenoxy) is 1. The summed E-state index contributed by atoms with van der Waals surface area (Å²) in [6.45, 7) is 1.25. The fraction of sp³-hybridized carbons (Fsp3) is 0.333. The summed E-state index contributed by atoms with van der Waals surface area (Å²) in [4.78, 5) is 22.1. The van der Waals surface area contributed by atoms with Crippen LogP contribution in [0.25, 0.3) is 0 Å². The molecular weight excluding hydrogens is 192 g/mol. The molecule has 0 atom stereocenters. The third kappa shape index (κ3) is 2.06. The molecule has 0 N–H and O–H groups in total. The first-order valence-electron chi connectivity index (χ1n) is 4.96. The van der Waals surface area contributed by atoms with Gasteiger partial charge in [0.25, 0.3) is 0 Å². The highest BCUT2D eigenvalue weighted by Crippen LogP contribution is 2.27. The lowest BCUT2D eigenvalue weighted by atomic mass is 10.1. The summed E-state index contributed by atoms with van der Waals surface area (Å²) in [6.07, 6.45) is 1.37. The number of hydrogen-bond acceptors (Lipinski definition) is 3. The van der Waals surface area contributed by atoms with E-state index >= 15 is 0 Å². The highest BCUT2D eigenvalue weighted by molar-refractivity contribution is 5.86. The number of carbonyl (C=O) groups is 2. The molecule has 0 amide bonds. The van der Waals surface area contributed by atoms with Crippen molar-refractivity contribution in [1.82, 2.24) is 0 Å². The average Bonchev–Trinajstić information content (AvgIpc) is 2.59. The van der Waals surface area contributed by atoms with E-state index in [2.05, 4.69) is 4.74 Å². The highest BCUT2D eigenvalue weighted by atomic mass is 16.6. The molecule has 1 aromatic carbocycles. The fourth-order valence-electron chi connectivity index (χ4n) is 1.95. The van der Waals surface area contributed by atoms with Crippen molar-refractivity contribution in [3.05, 3.63) is 35.4 Å². The van der Waals surface area contributed by atoms with Crippen LogP contribution in [0.3, 0.4) is 0 Å². The van der Waals surface area contributed by atoms with Crippen molar-refractivity contribution in [3.63, 3.8) is 0 Å². The summed E-state index contributed by atoms with van der Waals surface area (Å²) in [5.41, 5.74) is 2.37. The first kappa shape index (κ1) is 9.90. The van der Waals surface area contributed by atoms with Gasteiger partial charge in [-0.15, -0.1) is 0 Å². The largest absolute Gasteiger partial charge is 0.393 e. The van der Waals surface area contributed by atoms with E-state index in [0.717, 1.165) is 0 Å². The number of rotatable bonds is 1. The van der Waals surface area contributed by atoms with Gasteiger partial charge in [0, 0.05) is 6.92 Å². The van der Waals surface area contributed by atoms with E-state index in [1.165, 1.54) is 18.1 Å². The van der Waals surface area contributed by atoms with Crippen molar-refractivity contribution in [2.75, 3.05) is 0 Å². The Balaban J connectivity index is 2.07. The molecule has 0 aliphatic heterocycles. The standard InChI is InChI=1S/C12H12O3/c1-8(13)15-12(14)11-6-9-4-2-3-5-10(9)7-11/h2-5,11H,6-7H2,1H3. The van der Waals surface area contributed by atoms with Gasteiger partial charge in [-0.2, -0.15) is 0 Å². The third-order valence-electron chi connectivity index (χ3n) is 2.63. The molecule has 0 saturated carbocycles. The molecular formula is C12H12O3. The van der Waals surface area contributed by atoms with Gasteiger partial charge < -0.3 is 4.74 Å². The molecule has 0 spiro atoms. The number of esters is 2. The van der Waals surface area contributed by atoms with E-state index < -0.39 is 11.9 Å². The van der Waals surface area contributed by atoms with Crippen LogP contribution in [0.4, 0.5) is 0 Å². The van der Waals surface area contributed by atoms with E-state index in [4.69, 9.17) is 0 Å². The molecule has 78 valence electrons. The van der Waals surface area contributed by atoms with Crippen LogP contribution in [-0.4, -0.2) is 11.9 Å². The van der Waals surface area contributed by atoms with Gasteiger partial charge in [-0.25, -0.2) is 0 Å². The van der Waals surface area contributed by atoms with Gasteiger partial charge in [0.1, 0.15) is 0 Å². The van der Waals surface area contributed by atoms with Gasteiger partial charge in [0.05, 0.1) is 5.92 Å². The second kappa shape index (κ2) is 3.85. The number of fused-ring (bicyclic) bond motifs is 1. The molecule has 0 heterocycles. The second-order valence-electron chi connectivity index (χ2n) is 3.79. The van der Waals surface area contributed by atoms with Crippen LogP contribution >= 0.6 is 0 Å². The monoisotopic (exact) mass is 204 g/mol. The van der Waals surface area contributed by atoms with Crippen molar-refractivity contribution in [2.45, 2.75) is 19.8 Å². The van der Waals surface area contributed by atoms with Gasteiger partial charge in [-0.3, -0.25) is 9.59 Å². The van der Waals surface area contributed by atoms with Crippen molar-refractivity contribution in [1.29, 1.82) is 0 Å². The first-order chi connectivity index (χ1) is 7.16. The molecule has 1 aliphatic rings. The summed E-state index contributed by atoms with van der Waals surface area (Å²) in [5.74, 6) is -1.12. The Kier molecular flexibility index (Phi) is 2.54. The maximum Gasteiger partial charge on any atom is 0.317 e. The van der Waals surface area contributed by atoms with Gasteiger partial charge in [0.15, 0.2) is 0 Å². The maximum atomic E-state index is 11.5. The first-order valence-corrected chi connectivity index (χ1v) is 4.96. The van der Waals surface area contributed by atoms with Gasteiger partial charge in [-0.05, 0) is 24.0 Å². The Morgan fingerprint density at radius 2 is 1.73 bits per heavy atom. The summed E-state index contributed by atoms with van der Waals surface area (Å²) in [5, 5.41) is 0. The Bertz CT molecular complexity index is 384. The van der Waals surface area contributed by atoms with Crippen LogP contribution in [0, 0.1) is 5.92 Å². The summed E-state index contributed by atoms with van der Waals surface area (Å²) >= 11 is 0. The normalized spacial score (nSPS) is 14.7. The predicted molar refractivity (Wildman–Crippen MR) is 54.1 cm³/mol. The Hall–Kier alpha value is -1.64. The summed E-state index contributed by atoms with van der Waals surface area (Å²) < 4.78 is 4.59. The van der Waals surface area contributed by atoms with Crippen molar-refractivity contribution >= 4 is 11.9 Å². The SMILES string of the molecule is CC(=O)OC(=O)C1Cc2ccccc2C1. The minimum atomic E-state index is -0.532. The molecule has 0 fully saturated rings. The van der Waals surface area contributed by atoms with E-state index in [-0.39, 0.29) is 5.92 Å². The van der Waals surface area contributed by atoms with Crippen molar-refractivity contribution in [2.24, 2.45) is 5.92 Å². The van der Waals surface area contributed by atoms with Crippen LogP contribution in [-0.2, 0) is 27.2 Å². The summed E-state index contributed by atoms with van der Waals surface area (Å²) in [6, 6.07) is 7.93. The zero-order chi connectivity index (χ0) is 10.8. The molecule has 0 aromatic heterocycles. The van der Waals surface area contributed by atoms with Crippen molar-refractivity contribution < 1.29 is 14.3 Å². The molecule has 1 aromatic rings. The molecule has 0 saturated heterocycles. The zero-order valence-corrected chi connectivity index (χ0v) is 8.53. The van der Waals surface area contributed by atoms with Gasteiger partial charge >= 0.3 is 11.9 Å². The van der Waals surface area contributed by atoms with E-state index in [1.54, 1.807) is 0 Å². The van der Waals surface area contributed by atoms with Gasteiger partial charge in [0.2, 0.25) is 0 Å². The van der Waals surface area contributed by atoms with E-state index in [9.17, 15) is 9.59 Å². The molecule has 0 unspecified atom stereocenters. The molecule has 0 bridgehead atoms. The molecule has 0 radical (unpaired) electrons. The van der Waals surface area contributed by atoms with Gasteiger partial charge in [-0.1, -0.05) is 24.3 Å².